The van der Waals surface area contributed by atoms with E-state index in [2.05, 4.69) is 10.3 Å². The second-order valence-corrected chi connectivity index (χ2v) is 4.82. The maximum Gasteiger partial charge on any atom is 0.159 e. The number of hydrogen-bond donors (Lipinski definition) is 1. The fourth-order valence-corrected chi connectivity index (χ4v) is 2.09. The van der Waals surface area contributed by atoms with Gasteiger partial charge < -0.3 is 9.84 Å². The molecule has 0 saturated carbocycles. The molecule has 0 bridgehead atoms. The predicted octanol–water partition coefficient (Wildman–Crippen LogP) is 1.46. The highest BCUT2D eigenvalue weighted by Gasteiger charge is 2.09. The van der Waals surface area contributed by atoms with Crippen LogP contribution in [0.4, 0.5) is 0 Å². The average molecular weight is 289 g/mol. The van der Waals surface area contributed by atoms with Crippen LogP contribution in [0.3, 0.4) is 0 Å². The van der Waals surface area contributed by atoms with Gasteiger partial charge in [0.25, 0.3) is 0 Å². The normalized spacial score (nSPS) is 10.6. The fourth-order valence-electron chi connectivity index (χ4n) is 2.09. The number of ether oxygens (including phenoxy) is 1. The van der Waals surface area contributed by atoms with E-state index in [1.165, 1.54) is 6.92 Å². The highest BCUT2D eigenvalue weighted by atomic mass is 16.5. The van der Waals surface area contributed by atoms with E-state index in [4.69, 9.17) is 9.84 Å². The van der Waals surface area contributed by atoms with E-state index >= 15 is 0 Å². The van der Waals surface area contributed by atoms with E-state index in [1.807, 2.05) is 12.3 Å². The maximum absolute atomic E-state index is 11.5. The Bertz CT molecular complexity index is 622. The molecular weight excluding hydrogens is 270 g/mol. The Labute approximate surface area is 123 Å². The lowest BCUT2D eigenvalue weighted by molar-refractivity contribution is 0.101. The Hall–Kier alpha value is -2.21. The zero-order valence-corrected chi connectivity index (χ0v) is 12.2. The number of aryl methyl sites for hydroxylation is 1. The lowest BCUT2D eigenvalue weighted by atomic mass is 10.1. The molecule has 6 nitrogen and oxygen atoms in total. The quantitative estimate of drug-likeness (QED) is 0.781. The third-order valence-corrected chi connectivity index (χ3v) is 3.20. The smallest absolute Gasteiger partial charge is 0.159 e. The molecule has 1 heterocycles. The lowest BCUT2D eigenvalue weighted by Gasteiger charge is -2.09. The van der Waals surface area contributed by atoms with Gasteiger partial charge in [-0.3, -0.25) is 4.79 Å². The molecule has 0 saturated heterocycles. The summed E-state index contributed by atoms with van der Waals surface area (Å²) < 4.78 is 7.02. The molecule has 0 amide bonds. The van der Waals surface area contributed by atoms with Crippen LogP contribution in [0.15, 0.2) is 24.4 Å². The third-order valence-electron chi connectivity index (χ3n) is 3.20. The summed E-state index contributed by atoms with van der Waals surface area (Å²) >= 11 is 0. The van der Waals surface area contributed by atoms with Crippen LogP contribution in [-0.4, -0.2) is 39.6 Å². The summed E-state index contributed by atoms with van der Waals surface area (Å²) in [6, 6.07) is 5.35. The Morgan fingerprint density at radius 2 is 2.24 bits per heavy atom. The van der Waals surface area contributed by atoms with Crippen molar-refractivity contribution in [3.63, 3.8) is 0 Å². The van der Waals surface area contributed by atoms with Crippen LogP contribution in [0.25, 0.3) is 0 Å². The van der Waals surface area contributed by atoms with Crippen molar-refractivity contribution < 1.29 is 14.6 Å². The van der Waals surface area contributed by atoms with E-state index in [0.717, 1.165) is 11.3 Å². The summed E-state index contributed by atoms with van der Waals surface area (Å²) in [5.41, 5.74) is 2.36. The number of nitrogens with zero attached hydrogens (tertiary/aromatic N) is 3. The number of carbonyl (C=O) groups is 1. The molecule has 2 aromatic rings. The van der Waals surface area contributed by atoms with Crippen LogP contribution in [0, 0.1) is 0 Å². The van der Waals surface area contributed by atoms with Crippen LogP contribution in [0.2, 0.25) is 0 Å². The Kier molecular flexibility index (Phi) is 5.05. The maximum atomic E-state index is 11.5. The molecule has 2 rings (SSSR count). The van der Waals surface area contributed by atoms with Gasteiger partial charge in [0.15, 0.2) is 5.78 Å². The molecule has 1 aromatic heterocycles. The van der Waals surface area contributed by atoms with Crippen LogP contribution in [0.1, 0.15) is 35.0 Å². The molecule has 0 aliphatic carbocycles. The summed E-state index contributed by atoms with van der Waals surface area (Å²) in [5, 5.41) is 16.9. The van der Waals surface area contributed by atoms with Crippen LogP contribution in [0.5, 0.6) is 5.75 Å². The number of methoxy groups -OCH3 is 1. The Morgan fingerprint density at radius 1 is 1.43 bits per heavy atom. The highest BCUT2D eigenvalue weighted by molar-refractivity contribution is 5.94. The minimum atomic E-state index is 0.0149. The number of aliphatic hydroxyl groups is 1. The van der Waals surface area contributed by atoms with Crippen molar-refractivity contribution in [1.29, 1.82) is 0 Å². The molecule has 0 radical (unpaired) electrons. The van der Waals surface area contributed by atoms with E-state index < -0.39 is 0 Å². The largest absolute Gasteiger partial charge is 0.496 e. The molecule has 0 unspecified atom stereocenters. The first kappa shape index (κ1) is 15.2. The van der Waals surface area contributed by atoms with E-state index in [-0.39, 0.29) is 12.4 Å². The number of aromatic nitrogens is 3. The first-order valence-corrected chi connectivity index (χ1v) is 6.81. The van der Waals surface area contributed by atoms with Crippen molar-refractivity contribution in [2.45, 2.75) is 26.3 Å². The lowest BCUT2D eigenvalue weighted by Crippen LogP contribution is -2.04. The van der Waals surface area contributed by atoms with E-state index in [0.29, 0.717) is 30.7 Å². The summed E-state index contributed by atoms with van der Waals surface area (Å²) in [4.78, 5) is 11.5. The Balaban J connectivity index is 2.19. The van der Waals surface area contributed by atoms with Crippen molar-refractivity contribution in [3.05, 3.63) is 41.2 Å². The molecule has 1 N–H and O–H groups in total. The molecule has 0 aliphatic heterocycles. The van der Waals surface area contributed by atoms with Gasteiger partial charge in [0.05, 0.1) is 19.3 Å². The van der Waals surface area contributed by atoms with Gasteiger partial charge in [-0.1, -0.05) is 5.21 Å². The van der Waals surface area contributed by atoms with Crippen molar-refractivity contribution in [2.24, 2.45) is 0 Å². The predicted molar refractivity (Wildman–Crippen MR) is 77.5 cm³/mol. The number of aliphatic hydroxyl groups excluding tert-OH is 1. The zero-order chi connectivity index (χ0) is 15.2. The van der Waals surface area contributed by atoms with Crippen molar-refractivity contribution >= 4 is 5.78 Å². The van der Waals surface area contributed by atoms with Gasteiger partial charge in [0, 0.05) is 23.9 Å². The highest BCUT2D eigenvalue weighted by Crippen LogP contribution is 2.21. The first-order valence-electron chi connectivity index (χ1n) is 6.81. The molecule has 0 aliphatic rings. The van der Waals surface area contributed by atoms with E-state index in [1.54, 1.807) is 23.9 Å². The topological polar surface area (TPSA) is 77.2 Å². The number of benzene rings is 1. The third kappa shape index (κ3) is 3.88. The number of carbonyl (C=O) groups excluding carboxylic acids is 1. The molecule has 0 fully saturated rings. The van der Waals surface area contributed by atoms with Gasteiger partial charge in [0.2, 0.25) is 0 Å². The zero-order valence-electron chi connectivity index (χ0n) is 12.2. The Morgan fingerprint density at radius 3 is 2.90 bits per heavy atom. The SMILES string of the molecule is COc1ccc(C(C)=O)cc1Cn1cc(CCCO)nn1. The number of ketones is 1. The number of rotatable bonds is 7. The van der Waals surface area contributed by atoms with Crippen LogP contribution in [-0.2, 0) is 13.0 Å². The van der Waals surface area contributed by atoms with Crippen molar-refractivity contribution in [2.75, 3.05) is 13.7 Å². The molecular formula is C15H19N3O3. The van der Waals surface area contributed by atoms with Gasteiger partial charge in [-0.25, -0.2) is 4.68 Å². The summed E-state index contributed by atoms with van der Waals surface area (Å²) in [6.07, 6.45) is 3.21. The van der Waals surface area contributed by atoms with Gasteiger partial charge in [-0.15, -0.1) is 5.10 Å². The summed E-state index contributed by atoms with van der Waals surface area (Å²) in [5.74, 6) is 0.730. The summed E-state index contributed by atoms with van der Waals surface area (Å²) in [6.45, 7) is 2.16. The van der Waals surface area contributed by atoms with Crippen molar-refractivity contribution in [3.8, 4) is 5.75 Å². The summed E-state index contributed by atoms with van der Waals surface area (Å²) in [7, 11) is 1.60. The molecule has 1 aromatic carbocycles. The molecule has 21 heavy (non-hydrogen) atoms. The standard InChI is InChI=1S/C15H19N3O3/c1-11(20)12-5-6-15(21-2)13(8-12)9-18-10-14(16-17-18)4-3-7-19/h5-6,8,10,19H,3-4,7,9H2,1-2H3. The van der Waals surface area contributed by atoms with E-state index in [9.17, 15) is 4.79 Å². The first-order chi connectivity index (χ1) is 10.1. The van der Waals surface area contributed by atoms with Gasteiger partial charge in [-0.05, 0) is 38.0 Å². The van der Waals surface area contributed by atoms with Crippen molar-refractivity contribution in [1.82, 2.24) is 15.0 Å². The fraction of sp³-hybridized carbons (Fsp3) is 0.400. The van der Waals surface area contributed by atoms with Gasteiger partial charge in [0.1, 0.15) is 5.75 Å². The second-order valence-electron chi connectivity index (χ2n) is 4.82. The minimum Gasteiger partial charge on any atom is -0.496 e. The molecule has 112 valence electrons. The van der Waals surface area contributed by atoms with Crippen LogP contribution < -0.4 is 4.74 Å². The number of Topliss-reactive ketones (excluding diaryl/α,β-unsaturated/α-hetero) is 1. The molecule has 0 atom stereocenters. The monoisotopic (exact) mass is 289 g/mol. The van der Waals surface area contributed by atoms with Gasteiger partial charge in [-0.2, -0.15) is 0 Å². The molecule has 0 spiro atoms. The molecule has 6 heteroatoms. The second kappa shape index (κ2) is 6.99. The van der Waals surface area contributed by atoms with Crippen LogP contribution >= 0.6 is 0 Å². The average Bonchev–Trinajstić information content (AvgIpc) is 2.92. The number of hydrogen-bond acceptors (Lipinski definition) is 5. The minimum absolute atomic E-state index is 0.0149. The van der Waals surface area contributed by atoms with Gasteiger partial charge >= 0.3 is 0 Å².